The molecule has 35 heavy (non-hydrogen) atoms. The van der Waals surface area contributed by atoms with Crippen LogP contribution in [0.25, 0.3) is 22.6 Å². The molecule has 12 heteroatoms. The summed E-state index contributed by atoms with van der Waals surface area (Å²) in [4.78, 5) is 12.8. The highest BCUT2D eigenvalue weighted by Crippen LogP contribution is 2.48. The summed E-state index contributed by atoms with van der Waals surface area (Å²) >= 11 is 24.4. The van der Waals surface area contributed by atoms with Crippen LogP contribution in [0.15, 0.2) is 53.1 Å². The third kappa shape index (κ3) is 7.01. The summed E-state index contributed by atoms with van der Waals surface area (Å²) in [5.41, 5.74) is 2.10. The Morgan fingerprint density at radius 3 is 2.29 bits per heavy atom. The van der Waals surface area contributed by atoms with Crippen molar-refractivity contribution in [2.45, 2.75) is 18.7 Å². The maximum atomic E-state index is 12.9. The molecule has 0 saturated carbocycles. The van der Waals surface area contributed by atoms with Crippen molar-refractivity contribution in [2.24, 2.45) is 0 Å². The zero-order chi connectivity index (χ0) is 25.6. The molecule has 0 spiro atoms. The molecule has 0 bridgehead atoms. The highest BCUT2D eigenvalue weighted by molar-refractivity contribution is 7.53. The number of anilines is 1. The van der Waals surface area contributed by atoms with E-state index in [1.807, 2.05) is 0 Å². The first kappa shape index (κ1) is 28.0. The molecule has 3 rings (SSSR count). The SMILES string of the molecule is CCOP(=O)(CCN(C(=O)C(Cl)Cl)c1cccc(-c2cc(-c3c(Cl)cccc3Cl)no2)c1)OCC. The maximum absolute atomic E-state index is 12.9. The average Bonchev–Trinajstić information content (AvgIpc) is 3.29. The summed E-state index contributed by atoms with van der Waals surface area (Å²) in [7, 11) is -3.41. The number of rotatable bonds is 11. The van der Waals surface area contributed by atoms with Crippen LogP contribution in [-0.4, -0.2) is 41.8 Å². The van der Waals surface area contributed by atoms with E-state index >= 15 is 0 Å². The molecule has 188 valence electrons. The van der Waals surface area contributed by atoms with Crippen LogP contribution in [0.5, 0.6) is 0 Å². The van der Waals surface area contributed by atoms with Crippen LogP contribution in [0.2, 0.25) is 10.0 Å². The molecular weight excluding hydrogens is 557 g/mol. The molecule has 0 N–H and O–H groups in total. The maximum Gasteiger partial charge on any atom is 0.332 e. The lowest BCUT2D eigenvalue weighted by molar-refractivity contribution is -0.116. The number of amides is 1. The van der Waals surface area contributed by atoms with Crippen LogP contribution in [-0.2, 0) is 18.4 Å². The summed E-state index contributed by atoms with van der Waals surface area (Å²) in [5.74, 6) is -0.154. The fraction of sp³-hybridized carbons (Fsp3) is 0.304. The van der Waals surface area contributed by atoms with E-state index in [4.69, 9.17) is 60.0 Å². The van der Waals surface area contributed by atoms with Gasteiger partial charge in [0.15, 0.2) is 10.6 Å². The molecule has 2 aromatic carbocycles. The number of aromatic nitrogens is 1. The van der Waals surface area contributed by atoms with Gasteiger partial charge in [-0.1, -0.05) is 69.8 Å². The lowest BCUT2D eigenvalue weighted by atomic mass is 10.1. The molecule has 7 nitrogen and oxygen atoms in total. The Labute approximate surface area is 223 Å². The molecule has 0 aliphatic rings. The Balaban J connectivity index is 1.92. The molecule has 1 aromatic heterocycles. The first-order valence-electron chi connectivity index (χ1n) is 10.7. The third-order valence-electron chi connectivity index (χ3n) is 4.87. The number of carbonyl (C=O) groups excluding carboxylic acids is 1. The number of hydrogen-bond acceptors (Lipinski definition) is 6. The molecule has 0 aliphatic heterocycles. The van der Waals surface area contributed by atoms with E-state index in [0.717, 1.165) is 0 Å². The highest BCUT2D eigenvalue weighted by Gasteiger charge is 2.29. The molecule has 1 heterocycles. The second-order valence-corrected chi connectivity index (χ2v) is 11.3. The van der Waals surface area contributed by atoms with Crippen molar-refractivity contribution < 1.29 is 22.9 Å². The molecule has 0 unspecified atom stereocenters. The van der Waals surface area contributed by atoms with Gasteiger partial charge in [-0.3, -0.25) is 9.36 Å². The lowest BCUT2D eigenvalue weighted by Crippen LogP contribution is -2.37. The van der Waals surface area contributed by atoms with Gasteiger partial charge < -0.3 is 18.5 Å². The van der Waals surface area contributed by atoms with Gasteiger partial charge in [0.25, 0.3) is 5.91 Å². The molecule has 0 atom stereocenters. The van der Waals surface area contributed by atoms with E-state index in [1.165, 1.54) is 4.90 Å². The molecule has 0 aliphatic carbocycles. The van der Waals surface area contributed by atoms with Crippen molar-refractivity contribution in [3.8, 4) is 22.6 Å². The molecule has 0 saturated heterocycles. The highest BCUT2D eigenvalue weighted by atomic mass is 35.5. The van der Waals surface area contributed by atoms with Crippen molar-refractivity contribution in [3.63, 3.8) is 0 Å². The molecular formula is C23H23Cl4N2O5P. The van der Waals surface area contributed by atoms with Gasteiger partial charge in [0, 0.05) is 29.4 Å². The smallest absolute Gasteiger partial charge is 0.332 e. The zero-order valence-corrected chi connectivity index (χ0v) is 22.8. The van der Waals surface area contributed by atoms with Gasteiger partial charge >= 0.3 is 7.60 Å². The second kappa shape index (κ2) is 12.6. The van der Waals surface area contributed by atoms with Gasteiger partial charge in [-0.15, -0.1) is 0 Å². The fourth-order valence-electron chi connectivity index (χ4n) is 3.37. The number of carbonyl (C=O) groups is 1. The Morgan fingerprint density at radius 1 is 1.06 bits per heavy atom. The van der Waals surface area contributed by atoms with Crippen LogP contribution in [0.4, 0.5) is 5.69 Å². The normalized spacial score (nSPS) is 11.7. The van der Waals surface area contributed by atoms with E-state index in [9.17, 15) is 9.36 Å². The third-order valence-corrected chi connectivity index (χ3v) is 7.93. The van der Waals surface area contributed by atoms with Gasteiger partial charge in [0.2, 0.25) is 0 Å². The zero-order valence-electron chi connectivity index (χ0n) is 18.9. The monoisotopic (exact) mass is 578 g/mol. The van der Waals surface area contributed by atoms with E-state index in [-0.39, 0.29) is 25.9 Å². The van der Waals surface area contributed by atoms with Crippen molar-refractivity contribution >= 4 is 65.6 Å². The minimum absolute atomic E-state index is 0.00634. The van der Waals surface area contributed by atoms with Gasteiger partial charge in [0.05, 0.1) is 29.4 Å². The van der Waals surface area contributed by atoms with Crippen molar-refractivity contribution in [2.75, 3.05) is 30.8 Å². The number of benzene rings is 2. The Bertz CT molecular complexity index is 1190. The van der Waals surface area contributed by atoms with Crippen LogP contribution in [0, 0.1) is 0 Å². The minimum Gasteiger partial charge on any atom is -0.356 e. The molecule has 0 radical (unpaired) electrons. The Kier molecular flexibility index (Phi) is 10.1. The van der Waals surface area contributed by atoms with Crippen LogP contribution >= 0.6 is 54.0 Å². The second-order valence-electron chi connectivity index (χ2n) is 7.18. The molecule has 0 fully saturated rings. The summed E-state index contributed by atoms with van der Waals surface area (Å²) in [6, 6.07) is 13.8. The number of hydrogen-bond donors (Lipinski definition) is 0. The van der Waals surface area contributed by atoms with E-state index in [2.05, 4.69) is 5.16 Å². The summed E-state index contributed by atoms with van der Waals surface area (Å²) in [6.07, 6.45) is -0.0391. The predicted molar refractivity (Wildman–Crippen MR) is 141 cm³/mol. The molecule has 3 aromatic rings. The standard InChI is InChI=1S/C23H23Cl4N2O5P/c1-3-32-35(31,33-4-2)12-11-29(23(30)22(26)27)16-8-5-7-15(13-16)20-14-19(28-34-20)21-17(24)9-6-10-18(21)25/h5-10,13-14,22H,3-4,11-12H2,1-2H3. The number of nitrogens with zero attached hydrogens (tertiary/aromatic N) is 2. The van der Waals surface area contributed by atoms with Crippen molar-refractivity contribution in [3.05, 3.63) is 58.6 Å². The van der Waals surface area contributed by atoms with Gasteiger partial charge in [-0.25, -0.2) is 0 Å². The minimum atomic E-state index is -3.41. The molecule has 1 amide bonds. The lowest BCUT2D eigenvalue weighted by Gasteiger charge is -2.26. The quantitative estimate of drug-likeness (QED) is 0.171. The van der Waals surface area contributed by atoms with Gasteiger partial charge in [0.1, 0.15) is 5.69 Å². The number of halogens is 4. The van der Waals surface area contributed by atoms with Crippen LogP contribution in [0.1, 0.15) is 13.8 Å². The van der Waals surface area contributed by atoms with E-state index in [1.54, 1.807) is 62.4 Å². The predicted octanol–water partition coefficient (Wildman–Crippen LogP) is 7.72. The van der Waals surface area contributed by atoms with Crippen molar-refractivity contribution in [1.29, 1.82) is 0 Å². The first-order chi connectivity index (χ1) is 16.7. The summed E-state index contributed by atoms with van der Waals surface area (Å²) in [6.45, 7) is 3.85. The van der Waals surface area contributed by atoms with E-state index in [0.29, 0.717) is 38.3 Å². The van der Waals surface area contributed by atoms with Crippen LogP contribution < -0.4 is 4.90 Å². The average molecular weight is 580 g/mol. The Morgan fingerprint density at radius 2 is 1.69 bits per heavy atom. The Hall–Kier alpha value is -1.57. The van der Waals surface area contributed by atoms with Gasteiger partial charge in [-0.2, -0.15) is 0 Å². The summed E-state index contributed by atoms with van der Waals surface area (Å²) < 4.78 is 29.1. The van der Waals surface area contributed by atoms with Crippen molar-refractivity contribution in [1.82, 2.24) is 5.16 Å². The largest absolute Gasteiger partial charge is 0.356 e. The number of alkyl halides is 2. The van der Waals surface area contributed by atoms with Crippen LogP contribution in [0.3, 0.4) is 0 Å². The van der Waals surface area contributed by atoms with Gasteiger partial charge in [-0.05, 0) is 38.1 Å². The topological polar surface area (TPSA) is 81.9 Å². The summed E-state index contributed by atoms with van der Waals surface area (Å²) in [5, 5.41) is 4.97. The fourth-order valence-corrected chi connectivity index (χ4v) is 5.76. The van der Waals surface area contributed by atoms with E-state index < -0.39 is 18.3 Å². The first-order valence-corrected chi connectivity index (χ1v) is 14.0.